The number of hydrogen-bond donors (Lipinski definition) is 1. The zero-order chi connectivity index (χ0) is 13.6. The molecule has 0 saturated carbocycles. The molecule has 0 fully saturated rings. The quantitative estimate of drug-likeness (QED) is 0.748. The fourth-order valence-corrected chi connectivity index (χ4v) is 3.30. The lowest BCUT2D eigenvalue weighted by Gasteiger charge is -2.06. The lowest BCUT2D eigenvalue weighted by Crippen LogP contribution is -2.09. The summed E-state index contributed by atoms with van der Waals surface area (Å²) in [6.45, 7) is 1.93. The fraction of sp³-hybridized carbons (Fsp3) is 0.143. The lowest BCUT2D eigenvalue weighted by molar-refractivity contribution is 0.527. The van der Waals surface area contributed by atoms with Crippen molar-refractivity contribution in [1.82, 2.24) is 0 Å². The zero-order valence-corrected chi connectivity index (χ0v) is 11.7. The maximum absolute atomic E-state index is 13.1. The maximum atomic E-state index is 13.1. The number of thiophene rings is 1. The van der Waals surface area contributed by atoms with E-state index in [0.717, 1.165) is 10.4 Å². The number of nitrogens with two attached hydrogens (primary N) is 1. The second kappa shape index (κ2) is 4.63. The topological polar surface area (TPSA) is 39.2 Å². The van der Waals surface area contributed by atoms with Crippen LogP contribution in [0.1, 0.15) is 22.2 Å². The Morgan fingerprint density at radius 3 is 2.84 bits per heavy atom. The van der Waals surface area contributed by atoms with E-state index in [2.05, 4.69) is 0 Å². The molecule has 0 aliphatic heterocycles. The zero-order valence-electron chi connectivity index (χ0n) is 10.1. The molecule has 98 valence electrons. The highest BCUT2D eigenvalue weighted by molar-refractivity contribution is 7.10. The Morgan fingerprint density at radius 2 is 2.16 bits per heavy atom. The average molecular weight is 296 g/mol. The van der Waals surface area contributed by atoms with E-state index in [1.54, 1.807) is 12.1 Å². The minimum absolute atomic E-state index is 0.293. The van der Waals surface area contributed by atoms with Gasteiger partial charge < -0.3 is 10.2 Å². The van der Waals surface area contributed by atoms with E-state index in [1.165, 1.54) is 23.5 Å². The van der Waals surface area contributed by atoms with Crippen LogP contribution in [0.4, 0.5) is 4.39 Å². The summed E-state index contributed by atoms with van der Waals surface area (Å²) in [5, 5.41) is 3.33. The molecule has 0 amide bonds. The van der Waals surface area contributed by atoms with Gasteiger partial charge in [0.2, 0.25) is 0 Å². The molecule has 3 rings (SSSR count). The average Bonchev–Trinajstić information content (AvgIpc) is 2.93. The van der Waals surface area contributed by atoms with E-state index < -0.39 is 6.04 Å². The van der Waals surface area contributed by atoms with Gasteiger partial charge in [0.1, 0.15) is 17.2 Å². The van der Waals surface area contributed by atoms with Gasteiger partial charge in [0, 0.05) is 10.3 Å². The Hall–Kier alpha value is -1.36. The van der Waals surface area contributed by atoms with Crippen LogP contribution in [0.3, 0.4) is 0 Å². The largest absolute Gasteiger partial charge is 0.459 e. The van der Waals surface area contributed by atoms with E-state index in [0.29, 0.717) is 21.8 Å². The summed E-state index contributed by atoms with van der Waals surface area (Å²) in [6, 6.07) is 5.72. The lowest BCUT2D eigenvalue weighted by atomic mass is 10.1. The summed E-state index contributed by atoms with van der Waals surface area (Å²) in [7, 11) is 0. The first-order chi connectivity index (χ1) is 9.06. The van der Waals surface area contributed by atoms with E-state index >= 15 is 0 Å². The van der Waals surface area contributed by atoms with Crippen molar-refractivity contribution in [2.24, 2.45) is 5.73 Å². The molecule has 5 heteroatoms. The van der Waals surface area contributed by atoms with Crippen LogP contribution < -0.4 is 5.73 Å². The molecule has 2 heterocycles. The molecule has 0 aliphatic rings. The second-order valence-corrected chi connectivity index (χ2v) is 5.69. The molecular weight excluding hydrogens is 285 g/mol. The van der Waals surface area contributed by atoms with Crippen molar-refractivity contribution < 1.29 is 8.81 Å². The first-order valence-electron chi connectivity index (χ1n) is 5.74. The summed E-state index contributed by atoms with van der Waals surface area (Å²) in [4.78, 5) is 0.860. The van der Waals surface area contributed by atoms with Gasteiger partial charge in [-0.1, -0.05) is 11.6 Å². The third-order valence-electron chi connectivity index (χ3n) is 3.01. The molecule has 0 radical (unpaired) electrons. The highest BCUT2D eigenvalue weighted by Gasteiger charge is 2.19. The molecule has 2 N–H and O–H groups in total. The van der Waals surface area contributed by atoms with Crippen LogP contribution in [-0.4, -0.2) is 0 Å². The number of halogens is 2. The number of hydrogen-bond acceptors (Lipinski definition) is 3. The van der Waals surface area contributed by atoms with Crippen LogP contribution in [-0.2, 0) is 0 Å². The van der Waals surface area contributed by atoms with E-state index in [1.807, 2.05) is 12.3 Å². The first-order valence-corrected chi connectivity index (χ1v) is 7.00. The normalized spacial score (nSPS) is 13.1. The summed E-state index contributed by atoms with van der Waals surface area (Å²) in [5.41, 5.74) is 7.79. The number of rotatable bonds is 2. The maximum Gasteiger partial charge on any atom is 0.134 e. The third-order valence-corrected chi connectivity index (χ3v) is 4.81. The Kier molecular flexibility index (Phi) is 3.09. The van der Waals surface area contributed by atoms with Crippen LogP contribution in [0, 0.1) is 12.7 Å². The monoisotopic (exact) mass is 295 g/mol. The molecule has 1 unspecified atom stereocenters. The van der Waals surface area contributed by atoms with Gasteiger partial charge in [0.15, 0.2) is 0 Å². The van der Waals surface area contributed by atoms with Crippen molar-refractivity contribution in [1.29, 1.82) is 0 Å². The predicted octanol–water partition coefficient (Wildman–Crippen LogP) is 4.64. The standard InChI is InChI=1S/C14H11ClFNOS/c1-7-6-19-14(12(7)15)13(17)11-5-8-4-9(16)2-3-10(8)18-11/h2-6,13H,17H2,1H3. The molecule has 0 saturated heterocycles. The van der Waals surface area contributed by atoms with Crippen molar-refractivity contribution in [2.45, 2.75) is 13.0 Å². The van der Waals surface area contributed by atoms with Gasteiger partial charge in [0.25, 0.3) is 0 Å². The van der Waals surface area contributed by atoms with Gasteiger partial charge in [-0.15, -0.1) is 11.3 Å². The van der Waals surface area contributed by atoms with E-state index in [-0.39, 0.29) is 5.82 Å². The van der Waals surface area contributed by atoms with Crippen LogP contribution in [0.5, 0.6) is 0 Å². The van der Waals surface area contributed by atoms with Crippen molar-refractivity contribution in [3.05, 3.63) is 56.7 Å². The van der Waals surface area contributed by atoms with E-state index in [4.69, 9.17) is 21.8 Å². The highest BCUT2D eigenvalue weighted by atomic mass is 35.5. The number of fused-ring (bicyclic) bond motifs is 1. The summed E-state index contributed by atoms with van der Waals surface area (Å²) in [5.74, 6) is 0.294. The van der Waals surface area contributed by atoms with Gasteiger partial charge >= 0.3 is 0 Å². The fourth-order valence-electron chi connectivity index (χ4n) is 1.98. The SMILES string of the molecule is Cc1csc(C(N)c2cc3cc(F)ccc3o2)c1Cl. The minimum atomic E-state index is -0.429. The van der Waals surface area contributed by atoms with Gasteiger partial charge in [-0.05, 0) is 42.1 Å². The summed E-state index contributed by atoms with van der Waals surface area (Å²) >= 11 is 7.71. The Morgan fingerprint density at radius 1 is 1.37 bits per heavy atom. The molecule has 3 aromatic rings. The van der Waals surface area contributed by atoms with Gasteiger partial charge in [-0.25, -0.2) is 4.39 Å². The predicted molar refractivity (Wildman–Crippen MR) is 76.3 cm³/mol. The molecule has 1 aromatic carbocycles. The molecule has 2 aromatic heterocycles. The Bertz CT molecular complexity index is 749. The number of benzene rings is 1. The van der Waals surface area contributed by atoms with Crippen LogP contribution in [0.2, 0.25) is 5.02 Å². The smallest absolute Gasteiger partial charge is 0.134 e. The number of furan rings is 1. The molecule has 1 atom stereocenters. The number of aryl methyl sites for hydroxylation is 1. The molecule has 0 bridgehead atoms. The molecule has 2 nitrogen and oxygen atoms in total. The van der Waals surface area contributed by atoms with Crippen molar-refractivity contribution in [2.75, 3.05) is 0 Å². The minimum Gasteiger partial charge on any atom is -0.459 e. The molecule has 19 heavy (non-hydrogen) atoms. The second-order valence-electron chi connectivity index (χ2n) is 4.41. The highest BCUT2D eigenvalue weighted by Crippen LogP contribution is 2.36. The summed E-state index contributed by atoms with van der Waals surface area (Å²) in [6.07, 6.45) is 0. The van der Waals surface area contributed by atoms with Crippen LogP contribution in [0.15, 0.2) is 34.1 Å². The van der Waals surface area contributed by atoms with Gasteiger partial charge in [0.05, 0.1) is 11.1 Å². The molecule has 0 aliphatic carbocycles. The van der Waals surface area contributed by atoms with Gasteiger partial charge in [-0.3, -0.25) is 0 Å². The third kappa shape index (κ3) is 2.16. The molecular formula is C14H11ClFNOS. The summed E-state index contributed by atoms with van der Waals surface area (Å²) < 4.78 is 18.8. The van der Waals surface area contributed by atoms with Crippen molar-refractivity contribution >= 4 is 33.9 Å². The van der Waals surface area contributed by atoms with Crippen molar-refractivity contribution in [3.8, 4) is 0 Å². The van der Waals surface area contributed by atoms with Crippen LogP contribution in [0.25, 0.3) is 11.0 Å². The van der Waals surface area contributed by atoms with E-state index in [9.17, 15) is 4.39 Å². The Labute approximate surface area is 118 Å². The Balaban J connectivity index is 2.06. The molecule has 0 spiro atoms. The van der Waals surface area contributed by atoms with Crippen molar-refractivity contribution in [3.63, 3.8) is 0 Å². The van der Waals surface area contributed by atoms with Gasteiger partial charge in [-0.2, -0.15) is 0 Å². The van der Waals surface area contributed by atoms with Crippen LogP contribution >= 0.6 is 22.9 Å². The first kappa shape index (κ1) is 12.7.